The van der Waals surface area contributed by atoms with Crippen LogP contribution in [0.4, 0.5) is 4.39 Å². The molecule has 0 aliphatic rings. The predicted octanol–water partition coefficient (Wildman–Crippen LogP) is 3.30. The summed E-state index contributed by atoms with van der Waals surface area (Å²) >= 11 is 2.98. The fourth-order valence-electron chi connectivity index (χ4n) is 1.60. The van der Waals surface area contributed by atoms with Gasteiger partial charge in [0.1, 0.15) is 5.82 Å². The molecular weight excluding hydrogens is 231 g/mol. The summed E-state index contributed by atoms with van der Waals surface area (Å²) in [6.07, 6.45) is 2.26. The third kappa shape index (κ3) is 1.89. The quantitative estimate of drug-likeness (QED) is 0.833. The monoisotopic (exact) mass is 242 g/mol. The van der Waals surface area contributed by atoms with Crippen LogP contribution in [-0.2, 0) is 6.42 Å². The first kappa shape index (κ1) is 10.9. The summed E-state index contributed by atoms with van der Waals surface area (Å²) in [5.74, 6) is -0.175. The maximum atomic E-state index is 13.9. The minimum Gasteiger partial charge on any atom is -0.396 e. The van der Waals surface area contributed by atoms with Crippen molar-refractivity contribution in [2.75, 3.05) is 12.9 Å². The molecule has 0 fully saturated rings. The van der Waals surface area contributed by atoms with Crippen LogP contribution in [0.1, 0.15) is 5.56 Å². The van der Waals surface area contributed by atoms with E-state index in [4.69, 9.17) is 5.11 Å². The van der Waals surface area contributed by atoms with Crippen LogP contribution in [0.25, 0.3) is 10.1 Å². The number of benzene rings is 1. The van der Waals surface area contributed by atoms with Crippen LogP contribution in [0, 0.1) is 5.82 Å². The molecule has 0 saturated heterocycles. The highest BCUT2D eigenvalue weighted by atomic mass is 32.2. The van der Waals surface area contributed by atoms with Gasteiger partial charge in [0.05, 0.1) is 9.60 Å². The smallest absolute Gasteiger partial charge is 0.141 e. The molecular formula is C11H11FOS2. The first-order valence-corrected chi connectivity index (χ1v) is 6.71. The van der Waals surface area contributed by atoms with Gasteiger partial charge in [0.15, 0.2) is 0 Å². The van der Waals surface area contributed by atoms with Crippen LogP contribution < -0.4 is 0 Å². The van der Waals surface area contributed by atoms with Gasteiger partial charge < -0.3 is 5.11 Å². The second kappa shape index (κ2) is 4.51. The van der Waals surface area contributed by atoms with E-state index in [1.165, 1.54) is 11.8 Å². The van der Waals surface area contributed by atoms with E-state index in [1.807, 2.05) is 23.8 Å². The molecule has 0 atom stereocenters. The standard InChI is InChI=1S/C11H11FOS2/c1-14-11-9(12)7(2-4-13)6-8-3-5-15-10(8)11/h3,5-6,13H,2,4H2,1H3. The Balaban J connectivity index is 2.67. The maximum Gasteiger partial charge on any atom is 0.141 e. The first-order valence-electron chi connectivity index (χ1n) is 4.61. The number of thiophene rings is 1. The Hall–Kier alpha value is -0.580. The van der Waals surface area contributed by atoms with Gasteiger partial charge in [-0.2, -0.15) is 0 Å². The summed E-state index contributed by atoms with van der Waals surface area (Å²) in [5, 5.41) is 11.9. The molecule has 80 valence electrons. The van der Waals surface area contributed by atoms with Crippen molar-refractivity contribution < 1.29 is 9.50 Å². The molecule has 0 bridgehead atoms. The van der Waals surface area contributed by atoms with Crippen molar-refractivity contribution in [3.63, 3.8) is 0 Å². The van der Waals surface area contributed by atoms with Crippen molar-refractivity contribution in [2.45, 2.75) is 11.3 Å². The average Bonchev–Trinajstić information content (AvgIpc) is 2.67. The van der Waals surface area contributed by atoms with Crippen LogP contribution in [0.2, 0.25) is 0 Å². The van der Waals surface area contributed by atoms with Crippen LogP contribution in [0.3, 0.4) is 0 Å². The molecule has 0 amide bonds. The summed E-state index contributed by atoms with van der Waals surface area (Å²) in [6.45, 7) is -0.0135. The average molecular weight is 242 g/mol. The number of aliphatic hydroxyl groups is 1. The van der Waals surface area contributed by atoms with E-state index in [9.17, 15) is 4.39 Å². The minimum atomic E-state index is -0.175. The molecule has 0 saturated carbocycles. The van der Waals surface area contributed by atoms with Crippen molar-refractivity contribution >= 4 is 33.2 Å². The van der Waals surface area contributed by atoms with Crippen molar-refractivity contribution in [1.82, 2.24) is 0 Å². The SMILES string of the molecule is CSc1c(F)c(CCO)cc2ccsc12. The van der Waals surface area contributed by atoms with Crippen molar-refractivity contribution in [1.29, 1.82) is 0 Å². The molecule has 1 N–H and O–H groups in total. The number of thioether (sulfide) groups is 1. The van der Waals surface area contributed by atoms with E-state index in [0.29, 0.717) is 16.9 Å². The zero-order valence-electron chi connectivity index (χ0n) is 8.29. The zero-order valence-corrected chi connectivity index (χ0v) is 9.92. The molecule has 4 heteroatoms. The van der Waals surface area contributed by atoms with Crippen LogP contribution in [0.15, 0.2) is 22.4 Å². The van der Waals surface area contributed by atoms with Crippen molar-refractivity contribution in [3.8, 4) is 0 Å². The van der Waals surface area contributed by atoms with Gasteiger partial charge in [-0.3, -0.25) is 0 Å². The molecule has 1 aromatic carbocycles. The second-order valence-electron chi connectivity index (χ2n) is 3.20. The lowest BCUT2D eigenvalue weighted by Crippen LogP contribution is -1.96. The number of hydrogen-bond donors (Lipinski definition) is 1. The molecule has 1 nitrogen and oxygen atoms in total. The maximum absolute atomic E-state index is 13.9. The fourth-order valence-corrected chi connectivity index (χ4v) is 3.42. The third-order valence-electron chi connectivity index (χ3n) is 2.30. The van der Waals surface area contributed by atoms with Gasteiger partial charge in [0, 0.05) is 6.61 Å². The molecule has 0 spiro atoms. The molecule has 2 rings (SSSR count). The van der Waals surface area contributed by atoms with Gasteiger partial charge in [-0.05, 0) is 41.1 Å². The first-order chi connectivity index (χ1) is 7.27. The lowest BCUT2D eigenvalue weighted by atomic mass is 10.1. The number of rotatable bonds is 3. The Bertz CT molecular complexity index is 479. The predicted molar refractivity (Wildman–Crippen MR) is 64.4 cm³/mol. The summed E-state index contributed by atoms with van der Waals surface area (Å²) in [7, 11) is 0. The van der Waals surface area contributed by atoms with E-state index < -0.39 is 0 Å². The van der Waals surface area contributed by atoms with Crippen LogP contribution >= 0.6 is 23.1 Å². The summed E-state index contributed by atoms with van der Waals surface area (Å²) in [6, 6.07) is 3.82. The van der Waals surface area contributed by atoms with Gasteiger partial charge in [0.25, 0.3) is 0 Å². The Labute approximate surface area is 95.9 Å². The third-order valence-corrected chi connectivity index (χ3v) is 4.17. The van der Waals surface area contributed by atoms with Gasteiger partial charge in [-0.25, -0.2) is 4.39 Å². The zero-order chi connectivity index (χ0) is 10.8. The van der Waals surface area contributed by atoms with Gasteiger partial charge in [-0.15, -0.1) is 23.1 Å². The molecule has 0 unspecified atom stereocenters. The lowest BCUT2D eigenvalue weighted by molar-refractivity contribution is 0.297. The molecule has 0 radical (unpaired) electrons. The van der Waals surface area contributed by atoms with E-state index in [0.717, 1.165) is 10.1 Å². The fraction of sp³-hybridized carbons (Fsp3) is 0.273. The Kier molecular flexibility index (Phi) is 3.29. The Morgan fingerprint density at radius 1 is 1.53 bits per heavy atom. The van der Waals surface area contributed by atoms with Crippen LogP contribution in [-0.4, -0.2) is 18.0 Å². The Morgan fingerprint density at radius 2 is 2.33 bits per heavy atom. The van der Waals surface area contributed by atoms with E-state index in [2.05, 4.69) is 0 Å². The number of hydrogen-bond acceptors (Lipinski definition) is 3. The molecule has 1 heterocycles. The largest absolute Gasteiger partial charge is 0.396 e. The molecule has 0 aliphatic carbocycles. The highest BCUT2D eigenvalue weighted by Gasteiger charge is 2.13. The summed E-state index contributed by atoms with van der Waals surface area (Å²) < 4.78 is 14.9. The molecule has 1 aromatic heterocycles. The Morgan fingerprint density at radius 3 is 3.00 bits per heavy atom. The van der Waals surface area contributed by atoms with E-state index in [-0.39, 0.29) is 12.4 Å². The van der Waals surface area contributed by atoms with Gasteiger partial charge >= 0.3 is 0 Å². The van der Waals surface area contributed by atoms with Crippen LogP contribution in [0.5, 0.6) is 0 Å². The number of fused-ring (bicyclic) bond motifs is 1. The summed E-state index contributed by atoms with van der Waals surface area (Å²) in [4.78, 5) is 0.700. The molecule has 2 aromatic rings. The van der Waals surface area contributed by atoms with Crippen molar-refractivity contribution in [2.24, 2.45) is 0 Å². The number of aliphatic hydroxyl groups excluding tert-OH is 1. The summed E-state index contributed by atoms with van der Waals surface area (Å²) in [5.41, 5.74) is 0.604. The molecule has 15 heavy (non-hydrogen) atoms. The minimum absolute atomic E-state index is 0.0135. The normalized spacial score (nSPS) is 11.1. The molecule has 0 aliphatic heterocycles. The van der Waals surface area contributed by atoms with Crippen molar-refractivity contribution in [3.05, 3.63) is 28.9 Å². The number of halogens is 1. The topological polar surface area (TPSA) is 20.2 Å². The second-order valence-corrected chi connectivity index (χ2v) is 4.93. The lowest BCUT2D eigenvalue weighted by Gasteiger charge is -2.07. The van der Waals surface area contributed by atoms with E-state index >= 15 is 0 Å². The van der Waals surface area contributed by atoms with Gasteiger partial charge in [0.2, 0.25) is 0 Å². The highest BCUT2D eigenvalue weighted by molar-refractivity contribution is 7.99. The van der Waals surface area contributed by atoms with E-state index in [1.54, 1.807) is 11.3 Å². The highest BCUT2D eigenvalue weighted by Crippen LogP contribution is 2.35. The van der Waals surface area contributed by atoms with Gasteiger partial charge in [-0.1, -0.05) is 0 Å².